The monoisotopic (exact) mass is 323 g/mol. The minimum atomic E-state index is -0.222. The lowest BCUT2D eigenvalue weighted by molar-refractivity contribution is 0.102. The van der Waals surface area contributed by atoms with Gasteiger partial charge >= 0.3 is 0 Å². The summed E-state index contributed by atoms with van der Waals surface area (Å²) >= 11 is 0. The van der Waals surface area contributed by atoms with Gasteiger partial charge < -0.3 is 19.9 Å². The molecule has 24 heavy (non-hydrogen) atoms. The maximum Gasteiger partial charge on any atom is 0.259 e. The number of carbonyl (C=O) groups excluding carboxylic acids is 1. The third-order valence-electron chi connectivity index (χ3n) is 3.39. The van der Waals surface area contributed by atoms with Crippen LogP contribution in [0.25, 0.3) is 0 Å². The minimum absolute atomic E-state index is 0.222. The van der Waals surface area contributed by atoms with Crippen molar-refractivity contribution in [2.45, 2.75) is 6.92 Å². The highest BCUT2D eigenvalue weighted by atomic mass is 16.5. The number of carbonyl (C=O) groups is 1. The summed E-state index contributed by atoms with van der Waals surface area (Å²) < 4.78 is 10.2. The molecule has 0 bridgehead atoms. The molecule has 2 N–H and O–H groups in total. The fourth-order valence-electron chi connectivity index (χ4n) is 2.24. The van der Waals surface area contributed by atoms with E-state index in [2.05, 4.69) is 15.8 Å². The van der Waals surface area contributed by atoms with Crippen LogP contribution >= 0.6 is 0 Å². The number of aryl methyl sites for hydroxylation is 1. The normalized spacial score (nSPS) is 10.2. The lowest BCUT2D eigenvalue weighted by Gasteiger charge is -2.09. The van der Waals surface area contributed by atoms with Gasteiger partial charge in [0.1, 0.15) is 11.5 Å². The fraction of sp³-hybridized carbons (Fsp3) is 0.111. The Morgan fingerprint density at radius 3 is 2.46 bits per heavy atom. The van der Waals surface area contributed by atoms with Crippen LogP contribution in [0, 0.1) is 6.92 Å². The van der Waals surface area contributed by atoms with Gasteiger partial charge in [-0.15, -0.1) is 0 Å². The number of methoxy groups -OCH3 is 1. The van der Waals surface area contributed by atoms with Crippen LogP contribution in [0.2, 0.25) is 0 Å². The molecule has 0 saturated carbocycles. The topological polar surface area (TPSA) is 76.4 Å². The van der Waals surface area contributed by atoms with Gasteiger partial charge in [0.25, 0.3) is 5.91 Å². The SMILES string of the molecule is COc1ccccc1C(=O)Nc1ccc(Nc2cc(C)on2)cc1. The van der Waals surface area contributed by atoms with E-state index in [9.17, 15) is 4.79 Å². The molecule has 0 aliphatic carbocycles. The molecule has 0 spiro atoms. The Bertz CT molecular complexity index is 841. The number of anilines is 3. The summed E-state index contributed by atoms with van der Waals surface area (Å²) in [6.45, 7) is 1.83. The maximum atomic E-state index is 12.3. The molecule has 0 atom stereocenters. The quantitative estimate of drug-likeness (QED) is 0.742. The molecule has 0 aliphatic heterocycles. The Balaban J connectivity index is 1.68. The van der Waals surface area contributed by atoms with Crippen LogP contribution in [-0.2, 0) is 0 Å². The highest BCUT2D eigenvalue weighted by molar-refractivity contribution is 6.06. The van der Waals surface area contributed by atoms with Gasteiger partial charge in [0, 0.05) is 17.4 Å². The minimum Gasteiger partial charge on any atom is -0.496 e. The zero-order valence-electron chi connectivity index (χ0n) is 13.4. The van der Waals surface area contributed by atoms with Gasteiger partial charge in [0.05, 0.1) is 12.7 Å². The van der Waals surface area contributed by atoms with E-state index in [1.165, 1.54) is 7.11 Å². The van der Waals surface area contributed by atoms with Crippen LogP contribution in [0.3, 0.4) is 0 Å². The molecule has 1 aromatic heterocycles. The Morgan fingerprint density at radius 1 is 1.08 bits per heavy atom. The second-order valence-corrected chi connectivity index (χ2v) is 5.18. The van der Waals surface area contributed by atoms with Crippen LogP contribution in [-0.4, -0.2) is 18.2 Å². The first-order valence-electron chi connectivity index (χ1n) is 7.40. The molecule has 0 saturated heterocycles. The zero-order chi connectivity index (χ0) is 16.9. The van der Waals surface area contributed by atoms with Gasteiger partial charge in [-0.1, -0.05) is 17.3 Å². The van der Waals surface area contributed by atoms with E-state index < -0.39 is 0 Å². The van der Waals surface area contributed by atoms with E-state index in [1.807, 2.05) is 37.3 Å². The second-order valence-electron chi connectivity index (χ2n) is 5.18. The van der Waals surface area contributed by atoms with Crippen molar-refractivity contribution in [2.75, 3.05) is 17.7 Å². The zero-order valence-corrected chi connectivity index (χ0v) is 13.4. The van der Waals surface area contributed by atoms with Crippen molar-refractivity contribution in [1.29, 1.82) is 0 Å². The predicted octanol–water partition coefficient (Wildman–Crippen LogP) is 3.99. The molecule has 122 valence electrons. The van der Waals surface area contributed by atoms with Gasteiger partial charge in [-0.3, -0.25) is 4.79 Å². The summed E-state index contributed by atoms with van der Waals surface area (Å²) in [7, 11) is 1.54. The third-order valence-corrected chi connectivity index (χ3v) is 3.39. The summed E-state index contributed by atoms with van der Waals surface area (Å²) in [5.74, 6) is 1.69. The first kappa shape index (κ1) is 15.6. The second kappa shape index (κ2) is 6.87. The lowest BCUT2D eigenvalue weighted by Crippen LogP contribution is -2.13. The van der Waals surface area contributed by atoms with Gasteiger partial charge in [-0.25, -0.2) is 0 Å². The van der Waals surface area contributed by atoms with E-state index in [0.29, 0.717) is 22.8 Å². The van der Waals surface area contributed by atoms with E-state index in [4.69, 9.17) is 9.26 Å². The molecule has 0 fully saturated rings. The molecule has 6 nitrogen and oxygen atoms in total. The van der Waals surface area contributed by atoms with Gasteiger partial charge in [-0.2, -0.15) is 0 Å². The number of nitrogens with one attached hydrogen (secondary N) is 2. The van der Waals surface area contributed by atoms with E-state index in [-0.39, 0.29) is 5.91 Å². The van der Waals surface area contributed by atoms with Gasteiger partial charge in [0.15, 0.2) is 5.82 Å². The number of amides is 1. The summed E-state index contributed by atoms with van der Waals surface area (Å²) in [6.07, 6.45) is 0. The average Bonchev–Trinajstić information content (AvgIpc) is 3.01. The summed E-state index contributed by atoms with van der Waals surface area (Å²) in [5, 5.41) is 9.84. The smallest absolute Gasteiger partial charge is 0.259 e. The Labute approximate surface area is 139 Å². The van der Waals surface area contributed by atoms with Gasteiger partial charge in [0.2, 0.25) is 0 Å². The largest absolute Gasteiger partial charge is 0.496 e. The number of benzene rings is 2. The molecule has 1 amide bonds. The number of rotatable bonds is 5. The molecule has 3 aromatic rings. The summed E-state index contributed by atoms with van der Waals surface area (Å²) in [4.78, 5) is 12.3. The molecule has 0 radical (unpaired) electrons. The predicted molar refractivity (Wildman–Crippen MR) is 91.9 cm³/mol. The van der Waals surface area contributed by atoms with E-state index in [1.54, 1.807) is 24.3 Å². The van der Waals surface area contributed by atoms with Crippen molar-refractivity contribution in [3.05, 3.63) is 65.9 Å². The molecule has 6 heteroatoms. The average molecular weight is 323 g/mol. The van der Waals surface area contributed by atoms with Crippen LogP contribution in [0.5, 0.6) is 5.75 Å². The summed E-state index contributed by atoms with van der Waals surface area (Å²) in [5.41, 5.74) is 2.02. The molecular weight excluding hydrogens is 306 g/mol. The van der Waals surface area contributed by atoms with Gasteiger partial charge in [-0.05, 0) is 43.3 Å². The summed E-state index contributed by atoms with van der Waals surface area (Å²) in [6, 6.07) is 16.2. The Morgan fingerprint density at radius 2 is 1.79 bits per heavy atom. The first-order chi connectivity index (χ1) is 11.7. The lowest BCUT2D eigenvalue weighted by atomic mass is 10.2. The molecule has 0 unspecified atom stereocenters. The molecule has 1 heterocycles. The van der Waals surface area contributed by atoms with Crippen molar-refractivity contribution in [3.63, 3.8) is 0 Å². The van der Waals surface area contributed by atoms with Crippen LogP contribution in [0.1, 0.15) is 16.1 Å². The first-order valence-corrected chi connectivity index (χ1v) is 7.40. The van der Waals surface area contributed by atoms with E-state index in [0.717, 1.165) is 11.4 Å². The van der Waals surface area contributed by atoms with Crippen molar-refractivity contribution in [2.24, 2.45) is 0 Å². The number of aromatic nitrogens is 1. The van der Waals surface area contributed by atoms with Crippen molar-refractivity contribution in [3.8, 4) is 5.75 Å². The molecule has 2 aromatic carbocycles. The van der Waals surface area contributed by atoms with E-state index >= 15 is 0 Å². The number of ether oxygens (including phenoxy) is 1. The number of hydrogen-bond acceptors (Lipinski definition) is 5. The highest BCUT2D eigenvalue weighted by Crippen LogP contribution is 2.21. The number of nitrogens with zero attached hydrogens (tertiary/aromatic N) is 1. The van der Waals surface area contributed by atoms with Crippen molar-refractivity contribution in [1.82, 2.24) is 5.16 Å². The molecular formula is C18H17N3O3. The third kappa shape index (κ3) is 3.55. The van der Waals surface area contributed by atoms with Crippen LogP contribution in [0.15, 0.2) is 59.1 Å². The number of hydrogen-bond donors (Lipinski definition) is 2. The van der Waals surface area contributed by atoms with Crippen LogP contribution in [0.4, 0.5) is 17.2 Å². The Hall–Kier alpha value is -3.28. The molecule has 0 aliphatic rings. The molecule has 3 rings (SSSR count). The number of para-hydroxylation sites is 1. The van der Waals surface area contributed by atoms with Crippen molar-refractivity contribution >= 4 is 23.1 Å². The van der Waals surface area contributed by atoms with Crippen LogP contribution < -0.4 is 15.4 Å². The Kier molecular flexibility index (Phi) is 4.47. The maximum absolute atomic E-state index is 12.3. The standard InChI is InChI=1S/C18H17N3O3/c1-12-11-17(21-24-12)19-13-7-9-14(10-8-13)20-18(22)15-5-3-4-6-16(15)23-2/h3-11H,1-2H3,(H,19,21)(H,20,22). The fourth-order valence-corrected chi connectivity index (χ4v) is 2.24. The highest BCUT2D eigenvalue weighted by Gasteiger charge is 2.11. The van der Waals surface area contributed by atoms with Crippen molar-refractivity contribution < 1.29 is 14.1 Å².